The Balaban J connectivity index is 1.52. The molecule has 1 aliphatic rings. The molecule has 2 aromatic heterocycles. The number of hydrogen-bond acceptors (Lipinski definition) is 6. The SMILES string of the molecule is CCN[C@@H]1CCc2cc(-c3cccc(-c4cccc(NC(=O)c5cn(C)c(=O)n(C)c5=O)c4C)c3Cl)nc(OC)c21. The Morgan fingerprint density at radius 2 is 1.83 bits per heavy atom. The number of fused-ring (bicyclic) bond motifs is 1. The zero-order valence-electron chi connectivity index (χ0n) is 23.7. The normalized spacial score (nSPS) is 14.1. The molecule has 0 fully saturated rings. The number of methoxy groups -OCH3 is 1. The molecule has 2 heterocycles. The van der Waals surface area contributed by atoms with Crippen molar-refractivity contribution >= 4 is 23.2 Å². The van der Waals surface area contributed by atoms with Crippen LogP contribution in [0.15, 0.2) is 58.3 Å². The van der Waals surface area contributed by atoms with E-state index >= 15 is 0 Å². The monoisotopic (exact) mass is 573 g/mol. The first kappa shape index (κ1) is 28.3. The Hall–Kier alpha value is -4.21. The second kappa shape index (κ2) is 11.3. The van der Waals surface area contributed by atoms with E-state index in [-0.39, 0.29) is 11.6 Å². The van der Waals surface area contributed by atoms with Gasteiger partial charge in [0.15, 0.2) is 0 Å². The van der Waals surface area contributed by atoms with E-state index in [1.807, 2.05) is 37.3 Å². The highest BCUT2D eigenvalue weighted by Crippen LogP contribution is 2.43. The lowest BCUT2D eigenvalue weighted by atomic mass is 9.96. The average Bonchev–Trinajstić information content (AvgIpc) is 3.37. The fourth-order valence-corrected chi connectivity index (χ4v) is 5.83. The first-order valence-corrected chi connectivity index (χ1v) is 13.8. The molecule has 1 atom stereocenters. The van der Waals surface area contributed by atoms with Gasteiger partial charge in [-0.1, -0.05) is 48.9 Å². The number of nitrogens with zero attached hydrogens (tertiary/aromatic N) is 3. The van der Waals surface area contributed by atoms with Crippen molar-refractivity contribution in [1.29, 1.82) is 0 Å². The van der Waals surface area contributed by atoms with E-state index in [1.165, 1.54) is 30.4 Å². The van der Waals surface area contributed by atoms with E-state index in [4.69, 9.17) is 21.3 Å². The number of ether oxygens (including phenoxy) is 1. The summed E-state index contributed by atoms with van der Waals surface area (Å²) in [5.41, 5.74) is 5.42. The van der Waals surface area contributed by atoms with E-state index < -0.39 is 17.2 Å². The van der Waals surface area contributed by atoms with Gasteiger partial charge >= 0.3 is 5.69 Å². The lowest BCUT2D eigenvalue weighted by molar-refractivity contribution is 0.102. The molecule has 1 amide bonds. The van der Waals surface area contributed by atoms with Crippen LogP contribution in [-0.4, -0.2) is 33.7 Å². The van der Waals surface area contributed by atoms with Gasteiger partial charge in [-0.05, 0) is 55.1 Å². The second-order valence-corrected chi connectivity index (χ2v) is 10.5. The van der Waals surface area contributed by atoms with Crippen LogP contribution in [0.5, 0.6) is 5.88 Å². The first-order chi connectivity index (χ1) is 19.7. The number of hydrogen-bond donors (Lipinski definition) is 2. The zero-order chi connectivity index (χ0) is 29.4. The molecular weight excluding hydrogens is 542 g/mol. The molecule has 0 spiro atoms. The number of aryl methyl sites for hydroxylation is 2. The van der Waals surface area contributed by atoms with Crippen molar-refractivity contribution in [3.05, 3.63) is 96.8 Å². The molecule has 212 valence electrons. The molecule has 0 unspecified atom stereocenters. The molecule has 41 heavy (non-hydrogen) atoms. The molecular formula is C31H32ClN5O4. The molecule has 1 aliphatic carbocycles. The summed E-state index contributed by atoms with van der Waals surface area (Å²) in [6.45, 7) is 4.83. The number of halogens is 1. The van der Waals surface area contributed by atoms with Crippen LogP contribution in [0.2, 0.25) is 5.02 Å². The van der Waals surface area contributed by atoms with E-state index in [0.29, 0.717) is 16.6 Å². The lowest BCUT2D eigenvalue weighted by Gasteiger charge is -2.18. The molecule has 2 aromatic carbocycles. The van der Waals surface area contributed by atoms with E-state index in [2.05, 4.69) is 23.6 Å². The van der Waals surface area contributed by atoms with Crippen molar-refractivity contribution in [2.24, 2.45) is 14.1 Å². The van der Waals surface area contributed by atoms with Crippen molar-refractivity contribution in [2.45, 2.75) is 32.7 Å². The largest absolute Gasteiger partial charge is 0.481 e. The van der Waals surface area contributed by atoms with Gasteiger partial charge in [0.1, 0.15) is 5.56 Å². The number of nitrogens with one attached hydrogen (secondary N) is 2. The number of carbonyl (C=O) groups excluding carboxylic acids is 1. The standard InChI is InChI=1S/C31H32ClN5O4/c1-6-33-24-14-13-18-15-25(35-29(41-5)26(18)24)21-11-7-10-20(27(21)32)19-9-8-12-23(17(19)2)34-28(38)22-16-36(3)31(40)37(4)30(22)39/h7-12,15-16,24,33H,6,13-14H2,1-5H3,(H,34,38)/t24-/m1/s1. The van der Waals surface area contributed by atoms with Gasteiger partial charge in [0.2, 0.25) is 5.88 Å². The lowest BCUT2D eigenvalue weighted by Crippen LogP contribution is -2.40. The minimum Gasteiger partial charge on any atom is -0.481 e. The Kier molecular flexibility index (Phi) is 7.84. The van der Waals surface area contributed by atoms with Crippen molar-refractivity contribution in [1.82, 2.24) is 19.4 Å². The van der Waals surface area contributed by atoms with Gasteiger partial charge in [0.05, 0.1) is 17.8 Å². The van der Waals surface area contributed by atoms with E-state index in [9.17, 15) is 14.4 Å². The number of carbonyl (C=O) groups is 1. The number of aromatic nitrogens is 3. The third-order valence-corrected chi connectivity index (χ3v) is 8.05. The summed E-state index contributed by atoms with van der Waals surface area (Å²) in [4.78, 5) is 42.6. The smallest absolute Gasteiger partial charge is 0.330 e. The van der Waals surface area contributed by atoms with Crippen LogP contribution >= 0.6 is 11.6 Å². The Morgan fingerprint density at radius 3 is 2.56 bits per heavy atom. The Bertz CT molecular complexity index is 1790. The summed E-state index contributed by atoms with van der Waals surface area (Å²) in [6, 6.07) is 13.6. The van der Waals surface area contributed by atoms with Crippen LogP contribution in [0.25, 0.3) is 22.4 Å². The molecule has 10 heteroatoms. The molecule has 2 N–H and O–H groups in total. The molecule has 0 radical (unpaired) electrons. The fourth-order valence-electron chi connectivity index (χ4n) is 5.50. The summed E-state index contributed by atoms with van der Waals surface area (Å²) in [5.74, 6) is -0.000495. The predicted octanol–water partition coefficient (Wildman–Crippen LogP) is 4.63. The highest BCUT2D eigenvalue weighted by molar-refractivity contribution is 6.36. The van der Waals surface area contributed by atoms with Crippen LogP contribution in [0.1, 0.15) is 46.4 Å². The van der Waals surface area contributed by atoms with Crippen LogP contribution in [0.4, 0.5) is 5.69 Å². The molecule has 0 saturated heterocycles. The fraction of sp³-hybridized carbons (Fsp3) is 0.290. The second-order valence-electron chi connectivity index (χ2n) is 10.1. The number of amides is 1. The quantitative estimate of drug-likeness (QED) is 0.334. The van der Waals surface area contributed by atoms with Crippen LogP contribution in [0.3, 0.4) is 0 Å². The summed E-state index contributed by atoms with van der Waals surface area (Å²) < 4.78 is 7.82. The third kappa shape index (κ3) is 5.07. The minimum atomic E-state index is -0.663. The maximum atomic E-state index is 13.1. The van der Waals surface area contributed by atoms with Gasteiger partial charge in [-0.3, -0.25) is 14.2 Å². The van der Waals surface area contributed by atoms with Crippen LogP contribution < -0.4 is 26.6 Å². The molecule has 4 aromatic rings. The van der Waals surface area contributed by atoms with E-state index in [1.54, 1.807) is 13.2 Å². The number of anilines is 1. The van der Waals surface area contributed by atoms with E-state index in [0.717, 1.165) is 57.5 Å². The van der Waals surface area contributed by atoms with Gasteiger partial charge in [-0.15, -0.1) is 0 Å². The van der Waals surface area contributed by atoms with Crippen molar-refractivity contribution in [2.75, 3.05) is 19.0 Å². The highest BCUT2D eigenvalue weighted by Gasteiger charge is 2.28. The van der Waals surface area contributed by atoms with Crippen molar-refractivity contribution in [3.63, 3.8) is 0 Å². The number of pyridine rings is 1. The molecule has 5 rings (SSSR count). The van der Waals surface area contributed by atoms with Crippen molar-refractivity contribution in [3.8, 4) is 28.3 Å². The van der Waals surface area contributed by atoms with Gasteiger partial charge in [-0.25, -0.2) is 9.78 Å². The maximum Gasteiger partial charge on any atom is 0.330 e. The average molecular weight is 574 g/mol. The van der Waals surface area contributed by atoms with Crippen LogP contribution in [0, 0.1) is 6.92 Å². The molecule has 0 bridgehead atoms. The minimum absolute atomic E-state index is 0.132. The topological polar surface area (TPSA) is 107 Å². The van der Waals surface area contributed by atoms with Gasteiger partial charge in [-0.2, -0.15) is 0 Å². The summed E-state index contributed by atoms with van der Waals surface area (Å²) in [7, 11) is 4.47. The molecule has 0 saturated carbocycles. The highest BCUT2D eigenvalue weighted by atomic mass is 35.5. The summed E-state index contributed by atoms with van der Waals surface area (Å²) >= 11 is 7.04. The summed E-state index contributed by atoms with van der Waals surface area (Å²) in [5, 5.41) is 6.87. The maximum absolute atomic E-state index is 13.1. The molecule has 0 aliphatic heterocycles. The van der Waals surface area contributed by atoms with Gasteiger partial charge in [0.25, 0.3) is 11.5 Å². The van der Waals surface area contributed by atoms with Gasteiger partial charge in [0, 0.05) is 48.7 Å². The predicted molar refractivity (Wildman–Crippen MR) is 161 cm³/mol. The summed E-state index contributed by atoms with van der Waals surface area (Å²) in [6.07, 6.45) is 3.16. The van der Waals surface area contributed by atoms with Crippen LogP contribution in [-0.2, 0) is 20.5 Å². The third-order valence-electron chi connectivity index (χ3n) is 7.64. The molecule has 9 nitrogen and oxygen atoms in total. The Labute approximate surface area is 242 Å². The number of rotatable bonds is 7. The van der Waals surface area contributed by atoms with Gasteiger partial charge < -0.3 is 19.9 Å². The number of benzene rings is 2. The van der Waals surface area contributed by atoms with Crippen molar-refractivity contribution < 1.29 is 9.53 Å². The first-order valence-electron chi connectivity index (χ1n) is 13.4. The Morgan fingerprint density at radius 1 is 1.12 bits per heavy atom. The zero-order valence-corrected chi connectivity index (χ0v) is 24.4.